The number of carboxylic acids is 1. The Morgan fingerprint density at radius 3 is 2.85 bits per heavy atom. The van der Waals surface area contributed by atoms with Crippen LogP contribution in [0, 0.1) is 5.82 Å². The van der Waals surface area contributed by atoms with E-state index in [1.54, 1.807) is 11.8 Å². The quantitative estimate of drug-likeness (QED) is 0.863. The molecule has 1 unspecified atom stereocenters. The largest absolute Gasteiger partial charge is 0.478 e. The summed E-state index contributed by atoms with van der Waals surface area (Å²) in [5.74, 6) is -1.26. The summed E-state index contributed by atoms with van der Waals surface area (Å²) in [4.78, 5) is 10.2. The van der Waals surface area contributed by atoms with Crippen LogP contribution < -0.4 is 4.72 Å². The normalized spacial score (nSPS) is 19.1. The molecule has 2 N–H and O–H groups in total. The maximum Gasteiger partial charge on any atom is 0.335 e. The van der Waals surface area contributed by atoms with E-state index in [1.807, 2.05) is 0 Å². The van der Waals surface area contributed by atoms with Crippen molar-refractivity contribution in [3.63, 3.8) is 0 Å². The molecular formula is C12H14FNO4S2. The maximum absolute atomic E-state index is 13.6. The van der Waals surface area contributed by atoms with Crippen molar-refractivity contribution in [2.45, 2.75) is 23.0 Å². The summed E-state index contributed by atoms with van der Waals surface area (Å²) in [5.41, 5.74) is -0.262. The SMILES string of the molecule is O=C(O)c1ccc(F)c(S(=O)(=O)NCC2CCCS2)c1. The van der Waals surface area contributed by atoms with E-state index in [4.69, 9.17) is 5.11 Å². The van der Waals surface area contributed by atoms with Gasteiger partial charge in [-0.25, -0.2) is 22.3 Å². The third-order valence-electron chi connectivity index (χ3n) is 2.99. The van der Waals surface area contributed by atoms with Crippen molar-refractivity contribution in [1.29, 1.82) is 0 Å². The second-order valence-electron chi connectivity index (χ2n) is 4.44. The number of aromatic carboxylic acids is 1. The lowest BCUT2D eigenvalue weighted by Gasteiger charge is -2.11. The van der Waals surface area contributed by atoms with Gasteiger partial charge in [-0.2, -0.15) is 11.8 Å². The van der Waals surface area contributed by atoms with Gasteiger partial charge in [0.2, 0.25) is 10.0 Å². The topological polar surface area (TPSA) is 83.5 Å². The molecule has 1 aromatic carbocycles. The number of benzene rings is 1. The van der Waals surface area contributed by atoms with Gasteiger partial charge in [0, 0.05) is 11.8 Å². The molecule has 5 nitrogen and oxygen atoms in total. The van der Waals surface area contributed by atoms with E-state index < -0.39 is 26.7 Å². The van der Waals surface area contributed by atoms with Crippen LogP contribution in [0.2, 0.25) is 0 Å². The third-order valence-corrected chi connectivity index (χ3v) is 5.83. The van der Waals surface area contributed by atoms with E-state index in [2.05, 4.69) is 4.72 Å². The Kier molecular flexibility index (Phi) is 4.66. The number of carboxylic acid groups (broad SMARTS) is 1. The summed E-state index contributed by atoms with van der Waals surface area (Å²) in [7, 11) is -4.04. The van der Waals surface area contributed by atoms with Crippen molar-refractivity contribution < 1.29 is 22.7 Å². The summed E-state index contributed by atoms with van der Waals surface area (Å²) in [6, 6.07) is 2.72. The highest BCUT2D eigenvalue weighted by Crippen LogP contribution is 2.26. The Morgan fingerprint density at radius 1 is 1.50 bits per heavy atom. The number of halogens is 1. The number of hydrogen-bond acceptors (Lipinski definition) is 4. The summed E-state index contributed by atoms with van der Waals surface area (Å²) in [6.45, 7) is 0.226. The third kappa shape index (κ3) is 3.50. The fraction of sp³-hybridized carbons (Fsp3) is 0.417. The van der Waals surface area contributed by atoms with Gasteiger partial charge in [0.05, 0.1) is 5.56 Å². The van der Waals surface area contributed by atoms with Gasteiger partial charge in [-0.1, -0.05) is 0 Å². The van der Waals surface area contributed by atoms with Crippen LogP contribution >= 0.6 is 11.8 Å². The molecule has 110 valence electrons. The fourth-order valence-corrected chi connectivity index (χ4v) is 4.42. The molecule has 1 atom stereocenters. The van der Waals surface area contributed by atoms with Crippen molar-refractivity contribution in [1.82, 2.24) is 4.72 Å². The van der Waals surface area contributed by atoms with E-state index in [0.717, 1.165) is 36.8 Å². The molecule has 0 amide bonds. The Balaban J connectivity index is 2.19. The molecule has 1 aliphatic rings. The number of carbonyl (C=O) groups is 1. The van der Waals surface area contributed by atoms with Gasteiger partial charge >= 0.3 is 5.97 Å². The predicted octanol–water partition coefficient (Wildman–Crippen LogP) is 1.70. The zero-order chi connectivity index (χ0) is 14.8. The molecule has 0 saturated carbocycles. The van der Waals surface area contributed by atoms with E-state index in [0.29, 0.717) is 0 Å². The van der Waals surface area contributed by atoms with Gasteiger partial charge in [-0.05, 0) is 36.8 Å². The van der Waals surface area contributed by atoms with Crippen molar-refractivity contribution in [3.05, 3.63) is 29.6 Å². The minimum Gasteiger partial charge on any atom is -0.478 e. The highest BCUT2D eigenvalue weighted by atomic mass is 32.2. The lowest BCUT2D eigenvalue weighted by Crippen LogP contribution is -2.30. The number of rotatable bonds is 5. The van der Waals surface area contributed by atoms with Crippen LogP contribution in [0.3, 0.4) is 0 Å². The number of hydrogen-bond donors (Lipinski definition) is 2. The molecule has 1 heterocycles. The molecule has 0 spiro atoms. The van der Waals surface area contributed by atoms with E-state index in [9.17, 15) is 17.6 Å². The Labute approximate surface area is 120 Å². The average molecular weight is 319 g/mol. The molecule has 1 fully saturated rings. The number of sulfonamides is 1. The first kappa shape index (κ1) is 15.3. The van der Waals surface area contributed by atoms with E-state index >= 15 is 0 Å². The monoisotopic (exact) mass is 319 g/mol. The molecule has 0 bridgehead atoms. The van der Waals surface area contributed by atoms with Gasteiger partial charge < -0.3 is 5.11 Å². The molecule has 1 aliphatic heterocycles. The predicted molar refractivity (Wildman–Crippen MR) is 74.0 cm³/mol. The van der Waals surface area contributed by atoms with Crippen LogP contribution in [0.4, 0.5) is 4.39 Å². The second kappa shape index (κ2) is 6.11. The molecule has 1 saturated heterocycles. The lowest BCUT2D eigenvalue weighted by molar-refractivity contribution is 0.0696. The zero-order valence-electron chi connectivity index (χ0n) is 10.5. The number of thioether (sulfide) groups is 1. The maximum atomic E-state index is 13.6. The average Bonchev–Trinajstić information content (AvgIpc) is 2.89. The van der Waals surface area contributed by atoms with Crippen LogP contribution in [0.5, 0.6) is 0 Å². The van der Waals surface area contributed by atoms with E-state index in [1.165, 1.54) is 0 Å². The minimum atomic E-state index is -4.04. The van der Waals surface area contributed by atoms with Crippen molar-refractivity contribution in [2.75, 3.05) is 12.3 Å². The molecule has 8 heteroatoms. The molecule has 0 aromatic heterocycles. The van der Waals surface area contributed by atoms with E-state index in [-0.39, 0.29) is 17.4 Å². The molecule has 20 heavy (non-hydrogen) atoms. The van der Waals surface area contributed by atoms with Gasteiger partial charge in [-0.15, -0.1) is 0 Å². The standard InChI is InChI=1S/C12H14FNO4S2/c13-10-4-3-8(12(15)16)6-11(10)20(17,18)14-7-9-2-1-5-19-9/h3-4,6,9,14H,1-2,5,7H2,(H,15,16). The molecule has 2 rings (SSSR count). The first-order chi connectivity index (χ1) is 9.40. The molecule has 1 aromatic rings. The van der Waals surface area contributed by atoms with Gasteiger partial charge in [0.25, 0.3) is 0 Å². The first-order valence-corrected chi connectivity index (χ1v) is 8.57. The Hall–Kier alpha value is -1.12. The summed E-state index contributed by atoms with van der Waals surface area (Å²) in [6.07, 6.45) is 1.96. The molecular weight excluding hydrogens is 305 g/mol. The van der Waals surface area contributed by atoms with Crippen LogP contribution in [-0.2, 0) is 10.0 Å². The second-order valence-corrected chi connectivity index (χ2v) is 7.58. The highest BCUT2D eigenvalue weighted by Gasteiger charge is 2.23. The van der Waals surface area contributed by atoms with Crippen LogP contribution in [-0.4, -0.2) is 37.0 Å². The highest BCUT2D eigenvalue weighted by molar-refractivity contribution is 8.00. The van der Waals surface area contributed by atoms with Gasteiger partial charge in [0.15, 0.2) is 0 Å². The Bertz CT molecular complexity index is 612. The van der Waals surface area contributed by atoms with Crippen LogP contribution in [0.15, 0.2) is 23.1 Å². The van der Waals surface area contributed by atoms with Gasteiger partial charge in [-0.3, -0.25) is 0 Å². The summed E-state index contributed by atoms with van der Waals surface area (Å²) >= 11 is 1.68. The minimum absolute atomic E-state index is 0.190. The van der Waals surface area contributed by atoms with Crippen LogP contribution in [0.25, 0.3) is 0 Å². The Morgan fingerprint density at radius 2 is 2.25 bits per heavy atom. The zero-order valence-corrected chi connectivity index (χ0v) is 12.1. The lowest BCUT2D eigenvalue weighted by atomic mass is 10.2. The molecule has 0 radical (unpaired) electrons. The first-order valence-electron chi connectivity index (χ1n) is 6.04. The van der Waals surface area contributed by atoms with Crippen LogP contribution in [0.1, 0.15) is 23.2 Å². The number of nitrogens with one attached hydrogen (secondary N) is 1. The summed E-state index contributed by atoms with van der Waals surface area (Å²) < 4.78 is 40.0. The fourth-order valence-electron chi connectivity index (χ4n) is 1.93. The van der Waals surface area contributed by atoms with Crippen molar-refractivity contribution in [2.24, 2.45) is 0 Å². The molecule has 0 aliphatic carbocycles. The van der Waals surface area contributed by atoms with Gasteiger partial charge in [0.1, 0.15) is 10.7 Å². The van der Waals surface area contributed by atoms with Crippen molar-refractivity contribution in [3.8, 4) is 0 Å². The van der Waals surface area contributed by atoms with Crippen molar-refractivity contribution >= 4 is 27.8 Å². The summed E-state index contributed by atoms with van der Waals surface area (Å²) in [5, 5.41) is 9.02. The smallest absolute Gasteiger partial charge is 0.335 e.